The second-order valence-corrected chi connectivity index (χ2v) is 13.0. The molecular formula is C31H37ClNO6P. The number of nitrogens with two attached hydrogens (primary N) is 1. The molecule has 1 aliphatic heterocycles. The minimum absolute atomic E-state index is 0.166. The van der Waals surface area contributed by atoms with Crippen LogP contribution in [0.25, 0.3) is 0 Å². The first-order valence-corrected chi connectivity index (χ1v) is 15.5. The van der Waals surface area contributed by atoms with Crippen molar-refractivity contribution in [1.82, 2.24) is 0 Å². The van der Waals surface area contributed by atoms with Crippen molar-refractivity contribution in [3.8, 4) is 11.5 Å². The molecule has 0 amide bonds. The number of hydrogen-bond donors (Lipinski definition) is 1. The summed E-state index contributed by atoms with van der Waals surface area (Å²) in [6, 6.07) is 16.4. The number of benzene rings is 3. The highest BCUT2D eigenvalue weighted by atomic mass is 35.5. The molecule has 1 heterocycles. The second-order valence-electron chi connectivity index (χ2n) is 10.6. The van der Waals surface area contributed by atoms with Crippen LogP contribution < -0.4 is 15.2 Å². The summed E-state index contributed by atoms with van der Waals surface area (Å²) in [5, 5.41) is 0.603. The minimum atomic E-state index is -3.46. The quantitative estimate of drug-likeness (QED) is 0.157. The van der Waals surface area contributed by atoms with Crippen LogP contribution in [0.4, 0.5) is 0 Å². The first-order valence-electron chi connectivity index (χ1n) is 13.4. The van der Waals surface area contributed by atoms with Crippen LogP contribution in [-0.4, -0.2) is 25.0 Å². The van der Waals surface area contributed by atoms with Crippen LogP contribution in [0.2, 0.25) is 5.02 Å². The molecule has 4 rings (SSSR count). The summed E-state index contributed by atoms with van der Waals surface area (Å²) in [6.45, 7) is 10.1. The third-order valence-electron chi connectivity index (χ3n) is 6.89. The fraction of sp³-hybridized carbons (Fsp3) is 0.387. The predicted molar refractivity (Wildman–Crippen MR) is 157 cm³/mol. The third kappa shape index (κ3) is 7.54. The Labute approximate surface area is 241 Å². The van der Waals surface area contributed by atoms with E-state index in [4.69, 9.17) is 35.9 Å². The summed E-state index contributed by atoms with van der Waals surface area (Å²) in [5.74, 6) is 0.854. The van der Waals surface area contributed by atoms with Crippen LogP contribution in [0.5, 0.6) is 11.5 Å². The molecule has 3 atom stereocenters. The smallest absolute Gasteiger partial charge is 0.368 e. The van der Waals surface area contributed by atoms with Crippen LogP contribution in [0.15, 0.2) is 54.6 Å². The molecular weight excluding hydrogens is 549 g/mol. The van der Waals surface area contributed by atoms with E-state index < -0.39 is 19.6 Å². The van der Waals surface area contributed by atoms with E-state index in [1.807, 2.05) is 56.3 Å². The average Bonchev–Trinajstić information content (AvgIpc) is 2.90. The van der Waals surface area contributed by atoms with Crippen LogP contribution in [0.3, 0.4) is 0 Å². The van der Waals surface area contributed by atoms with E-state index in [9.17, 15) is 9.36 Å². The molecule has 7 nitrogen and oxygen atoms in total. The first-order chi connectivity index (χ1) is 18.9. The number of carbonyl (C=O) groups excluding carboxylic acids is 1. The summed E-state index contributed by atoms with van der Waals surface area (Å²) < 4.78 is 36.2. The summed E-state index contributed by atoms with van der Waals surface area (Å²) in [4.78, 5) is 12.1. The fourth-order valence-corrected chi connectivity index (χ4v) is 6.41. The lowest BCUT2D eigenvalue weighted by Crippen LogP contribution is -2.31. The number of ether oxygens (including phenoxy) is 2. The lowest BCUT2D eigenvalue weighted by Gasteiger charge is -2.30. The molecule has 0 saturated carbocycles. The van der Waals surface area contributed by atoms with E-state index in [0.717, 1.165) is 27.8 Å². The van der Waals surface area contributed by atoms with Gasteiger partial charge < -0.3 is 19.7 Å². The molecule has 0 bridgehead atoms. The molecule has 1 saturated heterocycles. The molecule has 0 radical (unpaired) electrons. The topological polar surface area (TPSA) is 97.1 Å². The van der Waals surface area contributed by atoms with E-state index in [1.165, 1.54) is 5.56 Å². The lowest BCUT2D eigenvalue weighted by molar-refractivity contribution is -0.135. The highest BCUT2D eigenvalue weighted by Crippen LogP contribution is 2.56. The van der Waals surface area contributed by atoms with E-state index >= 15 is 0 Å². The molecule has 9 heteroatoms. The third-order valence-corrected chi connectivity index (χ3v) is 8.73. The predicted octanol–water partition coefficient (Wildman–Crippen LogP) is 7.63. The van der Waals surface area contributed by atoms with Gasteiger partial charge in [-0.1, -0.05) is 49.7 Å². The summed E-state index contributed by atoms with van der Waals surface area (Å²) in [5.41, 5.74) is 11.9. The molecule has 214 valence electrons. The van der Waals surface area contributed by atoms with Crippen molar-refractivity contribution < 1.29 is 27.9 Å². The molecule has 3 aromatic carbocycles. The Bertz CT molecular complexity index is 1400. The van der Waals surface area contributed by atoms with Gasteiger partial charge in [0.05, 0.1) is 12.7 Å². The molecule has 0 unspecified atom stereocenters. The molecule has 0 spiro atoms. The number of halogens is 1. The van der Waals surface area contributed by atoms with Gasteiger partial charge in [-0.15, -0.1) is 0 Å². The van der Waals surface area contributed by atoms with Crippen LogP contribution >= 0.6 is 19.2 Å². The van der Waals surface area contributed by atoms with Gasteiger partial charge in [-0.25, -0.2) is 4.79 Å². The van der Waals surface area contributed by atoms with E-state index in [2.05, 4.69) is 19.9 Å². The molecule has 0 aromatic heterocycles. The lowest BCUT2D eigenvalue weighted by atomic mass is 9.93. The van der Waals surface area contributed by atoms with Gasteiger partial charge in [0.15, 0.2) is 6.35 Å². The molecule has 1 aliphatic rings. The largest absolute Gasteiger partial charge is 0.481 e. The number of hydrogen-bond acceptors (Lipinski definition) is 7. The van der Waals surface area contributed by atoms with Crippen molar-refractivity contribution in [3.05, 3.63) is 93.0 Å². The average molecular weight is 586 g/mol. The molecule has 2 N–H and O–H groups in total. The zero-order valence-corrected chi connectivity index (χ0v) is 25.3. The van der Waals surface area contributed by atoms with Crippen molar-refractivity contribution >= 4 is 25.2 Å². The Morgan fingerprint density at radius 1 is 1.10 bits per heavy atom. The maximum absolute atomic E-state index is 13.3. The van der Waals surface area contributed by atoms with Crippen molar-refractivity contribution in [2.45, 2.75) is 65.5 Å². The summed E-state index contributed by atoms with van der Waals surface area (Å²) in [6.07, 6.45) is 0.745. The van der Waals surface area contributed by atoms with Crippen LogP contribution in [0.1, 0.15) is 72.6 Å². The number of esters is 1. The van der Waals surface area contributed by atoms with Crippen molar-refractivity contribution in [2.24, 2.45) is 5.73 Å². The molecule has 1 fully saturated rings. The van der Waals surface area contributed by atoms with Gasteiger partial charge in [-0.2, -0.15) is 0 Å². The zero-order chi connectivity index (χ0) is 29.0. The Balaban J connectivity index is 1.45. The fourth-order valence-electron chi connectivity index (χ4n) is 4.70. The van der Waals surface area contributed by atoms with Crippen LogP contribution in [-0.2, 0) is 24.8 Å². The van der Waals surface area contributed by atoms with Gasteiger partial charge in [-0.3, -0.25) is 9.09 Å². The highest BCUT2D eigenvalue weighted by molar-refractivity contribution is 7.53. The molecule has 3 aromatic rings. The highest BCUT2D eigenvalue weighted by Gasteiger charge is 2.35. The minimum Gasteiger partial charge on any atom is -0.481 e. The maximum Gasteiger partial charge on any atom is 0.368 e. The number of rotatable bonds is 9. The normalized spacial score (nSPS) is 19.9. The van der Waals surface area contributed by atoms with Crippen molar-refractivity contribution in [1.29, 1.82) is 0 Å². The Hall–Kier alpha value is -2.67. The zero-order valence-electron chi connectivity index (χ0n) is 23.6. The Kier molecular flexibility index (Phi) is 9.76. The SMILES string of the molecule is Cc1cc(OC[P@@]2(=O)OCC[C@@H](c3cccc(Cl)c3)O2)cc(C)c1Cc1ccc(OC(=O)[C@H](C)N)c(C(C)C)c1. The van der Waals surface area contributed by atoms with Gasteiger partial charge in [0.25, 0.3) is 0 Å². The summed E-state index contributed by atoms with van der Waals surface area (Å²) in [7, 11) is -3.46. The van der Waals surface area contributed by atoms with Crippen LogP contribution in [0, 0.1) is 13.8 Å². The number of aryl methyl sites for hydroxylation is 2. The van der Waals surface area contributed by atoms with E-state index in [1.54, 1.807) is 13.0 Å². The Morgan fingerprint density at radius 3 is 2.48 bits per heavy atom. The second kappa shape index (κ2) is 12.9. The van der Waals surface area contributed by atoms with Crippen molar-refractivity contribution in [3.63, 3.8) is 0 Å². The monoisotopic (exact) mass is 585 g/mol. The maximum atomic E-state index is 13.3. The first kappa shape index (κ1) is 30.3. The Morgan fingerprint density at radius 2 is 1.82 bits per heavy atom. The summed E-state index contributed by atoms with van der Waals surface area (Å²) >= 11 is 6.12. The van der Waals surface area contributed by atoms with Gasteiger partial charge in [0, 0.05) is 11.4 Å². The number of carbonyl (C=O) groups is 1. The van der Waals surface area contributed by atoms with E-state index in [-0.39, 0.29) is 18.4 Å². The van der Waals surface area contributed by atoms with Gasteiger partial charge in [0.2, 0.25) is 0 Å². The van der Waals surface area contributed by atoms with Gasteiger partial charge in [-0.05, 0) is 96.8 Å². The molecule has 0 aliphatic carbocycles. The van der Waals surface area contributed by atoms with Crippen molar-refractivity contribution in [2.75, 3.05) is 13.0 Å². The molecule has 40 heavy (non-hydrogen) atoms. The van der Waals surface area contributed by atoms with Gasteiger partial charge >= 0.3 is 13.6 Å². The van der Waals surface area contributed by atoms with Gasteiger partial charge in [0.1, 0.15) is 17.5 Å². The van der Waals surface area contributed by atoms with E-state index in [0.29, 0.717) is 36.0 Å². The standard InChI is InChI=1S/C31H37ClNO6P/c1-19(2)27-15-23(9-10-30(27)38-31(34)22(5)33)16-28-20(3)13-26(14-21(28)4)36-18-40(35)37-12-11-29(39-40)24-7-6-8-25(32)17-24/h6-10,13-15,17,19,22,29H,11-12,16,18,33H2,1-5H3/t22-,29-,40+/m0/s1.